The van der Waals surface area contributed by atoms with Gasteiger partial charge >= 0.3 is 0 Å². The minimum absolute atomic E-state index is 0.159. The number of ether oxygens (including phenoxy) is 1. The van der Waals surface area contributed by atoms with Crippen LogP contribution in [-0.4, -0.2) is 34.1 Å². The lowest BCUT2D eigenvalue weighted by molar-refractivity contribution is -0.117. The van der Waals surface area contributed by atoms with Gasteiger partial charge in [-0.15, -0.1) is 5.10 Å². The van der Waals surface area contributed by atoms with Crippen molar-refractivity contribution in [1.82, 2.24) is 15.0 Å². The summed E-state index contributed by atoms with van der Waals surface area (Å²) in [5.74, 6) is -0.0817. The van der Waals surface area contributed by atoms with Gasteiger partial charge < -0.3 is 10.5 Å². The van der Waals surface area contributed by atoms with Crippen LogP contribution in [0.25, 0.3) is 0 Å². The van der Waals surface area contributed by atoms with Gasteiger partial charge in [0.25, 0.3) is 0 Å². The summed E-state index contributed by atoms with van der Waals surface area (Å²) < 4.78 is 7.44. The van der Waals surface area contributed by atoms with Crippen LogP contribution in [0.1, 0.15) is 56.5 Å². The lowest BCUT2D eigenvalue weighted by Gasteiger charge is -2.19. The monoisotopic (exact) mass is 266 g/mol. The topological polar surface area (TPSA) is 83.0 Å². The molecule has 6 nitrogen and oxygen atoms in total. The van der Waals surface area contributed by atoms with Gasteiger partial charge in [0.15, 0.2) is 0 Å². The lowest BCUT2D eigenvalue weighted by atomic mass is 10.00. The average Bonchev–Trinajstić information content (AvgIpc) is 2.99. The molecule has 0 aromatic carbocycles. The van der Waals surface area contributed by atoms with Crippen LogP contribution < -0.4 is 5.73 Å². The van der Waals surface area contributed by atoms with Crippen LogP contribution in [0.15, 0.2) is 0 Å². The lowest BCUT2D eigenvalue weighted by Crippen LogP contribution is -2.19. The highest BCUT2D eigenvalue weighted by Gasteiger charge is 2.28. The van der Waals surface area contributed by atoms with E-state index >= 15 is 0 Å². The molecule has 1 aliphatic rings. The summed E-state index contributed by atoms with van der Waals surface area (Å²) in [6.07, 6.45) is 3.11. The molecule has 1 saturated heterocycles. The zero-order valence-electron chi connectivity index (χ0n) is 11.6. The van der Waals surface area contributed by atoms with Gasteiger partial charge in [0.1, 0.15) is 0 Å². The molecule has 1 aliphatic heterocycles. The molecule has 0 spiro atoms. The van der Waals surface area contributed by atoms with Crippen molar-refractivity contribution < 1.29 is 9.53 Å². The molecule has 19 heavy (non-hydrogen) atoms. The summed E-state index contributed by atoms with van der Waals surface area (Å²) in [6, 6.07) is 0.324. The molecule has 1 atom stereocenters. The standard InChI is InChI=1S/C13H22N4O2/c1-3-10(4-2)17-13(9-5-6-19-8-9)11(15-16-17)7-12(14)18/h9-10H,3-8H2,1-2H3,(H2,14,18). The van der Waals surface area contributed by atoms with Crippen molar-refractivity contribution in [2.24, 2.45) is 5.73 Å². The van der Waals surface area contributed by atoms with E-state index in [-0.39, 0.29) is 18.2 Å². The third kappa shape index (κ3) is 2.94. The zero-order chi connectivity index (χ0) is 13.8. The smallest absolute Gasteiger partial charge is 0.223 e. The molecular weight excluding hydrogens is 244 g/mol. The molecule has 0 radical (unpaired) electrons. The Kier molecular flexibility index (Phi) is 4.52. The van der Waals surface area contributed by atoms with Crippen molar-refractivity contribution in [1.29, 1.82) is 0 Å². The van der Waals surface area contributed by atoms with Crippen LogP contribution >= 0.6 is 0 Å². The predicted molar refractivity (Wildman–Crippen MR) is 70.7 cm³/mol. The minimum Gasteiger partial charge on any atom is -0.381 e. The van der Waals surface area contributed by atoms with Crippen molar-refractivity contribution in [3.63, 3.8) is 0 Å². The van der Waals surface area contributed by atoms with Crippen molar-refractivity contribution in [2.45, 2.75) is 51.5 Å². The molecule has 1 fully saturated rings. The number of nitrogens with zero attached hydrogens (tertiary/aromatic N) is 3. The van der Waals surface area contributed by atoms with E-state index in [2.05, 4.69) is 24.2 Å². The van der Waals surface area contributed by atoms with E-state index in [1.165, 1.54) is 0 Å². The number of nitrogens with two attached hydrogens (primary N) is 1. The average molecular weight is 266 g/mol. The SMILES string of the molecule is CCC(CC)n1nnc(CC(N)=O)c1C1CCOC1. The molecule has 106 valence electrons. The second kappa shape index (κ2) is 6.14. The van der Waals surface area contributed by atoms with E-state index < -0.39 is 0 Å². The molecule has 0 saturated carbocycles. The first-order valence-corrected chi connectivity index (χ1v) is 6.97. The Hall–Kier alpha value is -1.43. The summed E-state index contributed by atoms with van der Waals surface area (Å²) in [7, 11) is 0. The van der Waals surface area contributed by atoms with E-state index in [0.29, 0.717) is 12.6 Å². The molecule has 2 heterocycles. The van der Waals surface area contributed by atoms with Crippen LogP contribution in [0.4, 0.5) is 0 Å². The van der Waals surface area contributed by atoms with E-state index in [1.54, 1.807) is 0 Å². The minimum atomic E-state index is -0.364. The number of rotatable bonds is 6. The van der Waals surface area contributed by atoms with Crippen molar-refractivity contribution in [2.75, 3.05) is 13.2 Å². The Bertz CT molecular complexity index is 434. The maximum atomic E-state index is 11.2. The molecule has 0 aliphatic carbocycles. The Morgan fingerprint density at radius 2 is 2.26 bits per heavy atom. The molecule has 1 unspecified atom stereocenters. The number of hydrogen-bond acceptors (Lipinski definition) is 4. The highest BCUT2D eigenvalue weighted by molar-refractivity contribution is 5.76. The van der Waals surface area contributed by atoms with Crippen LogP contribution in [0, 0.1) is 0 Å². The second-order valence-corrected chi connectivity index (χ2v) is 5.04. The normalized spacial score (nSPS) is 19.2. The van der Waals surface area contributed by atoms with Gasteiger partial charge in [0.2, 0.25) is 5.91 Å². The Balaban J connectivity index is 2.36. The molecule has 1 aromatic heterocycles. The quantitative estimate of drug-likeness (QED) is 0.837. The van der Waals surface area contributed by atoms with Gasteiger partial charge in [0, 0.05) is 12.5 Å². The van der Waals surface area contributed by atoms with Crippen LogP contribution in [0.2, 0.25) is 0 Å². The highest BCUT2D eigenvalue weighted by atomic mass is 16.5. The van der Waals surface area contributed by atoms with E-state index in [1.807, 2.05) is 4.68 Å². The van der Waals surface area contributed by atoms with Gasteiger partial charge in [-0.05, 0) is 19.3 Å². The fourth-order valence-electron chi connectivity index (χ4n) is 2.70. The Labute approximate surface area is 113 Å². The summed E-state index contributed by atoms with van der Waals surface area (Å²) in [5, 5.41) is 8.43. The molecule has 1 aromatic rings. The molecule has 6 heteroatoms. The fraction of sp³-hybridized carbons (Fsp3) is 0.769. The number of aromatic nitrogens is 3. The Morgan fingerprint density at radius 1 is 1.53 bits per heavy atom. The van der Waals surface area contributed by atoms with Crippen molar-refractivity contribution >= 4 is 5.91 Å². The third-order valence-corrected chi connectivity index (χ3v) is 3.75. The van der Waals surface area contributed by atoms with Crippen molar-refractivity contribution in [3.8, 4) is 0 Å². The van der Waals surface area contributed by atoms with Gasteiger partial charge in [-0.2, -0.15) is 0 Å². The van der Waals surface area contributed by atoms with Crippen LogP contribution in [0.3, 0.4) is 0 Å². The largest absolute Gasteiger partial charge is 0.381 e. The van der Waals surface area contributed by atoms with E-state index in [4.69, 9.17) is 10.5 Å². The van der Waals surface area contributed by atoms with Gasteiger partial charge in [-0.3, -0.25) is 4.79 Å². The molecule has 1 amide bonds. The molecule has 0 bridgehead atoms. The first kappa shape index (κ1) is 14.0. The summed E-state index contributed by atoms with van der Waals surface area (Å²) in [4.78, 5) is 11.2. The molecule has 2 rings (SSSR count). The highest BCUT2D eigenvalue weighted by Crippen LogP contribution is 2.30. The van der Waals surface area contributed by atoms with Gasteiger partial charge in [-0.1, -0.05) is 19.1 Å². The maximum absolute atomic E-state index is 11.2. The van der Waals surface area contributed by atoms with Crippen molar-refractivity contribution in [3.05, 3.63) is 11.4 Å². The van der Waals surface area contributed by atoms with Gasteiger partial charge in [-0.25, -0.2) is 4.68 Å². The predicted octanol–water partition coefficient (Wildman–Crippen LogP) is 1.17. The summed E-state index contributed by atoms with van der Waals surface area (Å²) >= 11 is 0. The third-order valence-electron chi connectivity index (χ3n) is 3.75. The van der Waals surface area contributed by atoms with E-state index in [9.17, 15) is 4.79 Å². The number of hydrogen-bond donors (Lipinski definition) is 1. The first-order chi connectivity index (χ1) is 9.17. The number of carbonyl (C=O) groups excluding carboxylic acids is 1. The van der Waals surface area contributed by atoms with E-state index in [0.717, 1.165) is 37.3 Å². The summed E-state index contributed by atoms with van der Waals surface area (Å²) in [6.45, 7) is 5.71. The zero-order valence-corrected chi connectivity index (χ0v) is 11.6. The van der Waals surface area contributed by atoms with Gasteiger partial charge in [0.05, 0.1) is 30.5 Å². The number of amides is 1. The molecule has 2 N–H and O–H groups in total. The maximum Gasteiger partial charge on any atom is 0.223 e. The Morgan fingerprint density at radius 3 is 2.79 bits per heavy atom. The molecular formula is C13H22N4O2. The second-order valence-electron chi connectivity index (χ2n) is 5.04. The fourth-order valence-corrected chi connectivity index (χ4v) is 2.70. The van der Waals surface area contributed by atoms with Crippen LogP contribution in [0.5, 0.6) is 0 Å². The van der Waals surface area contributed by atoms with Crippen LogP contribution in [-0.2, 0) is 16.0 Å². The summed E-state index contributed by atoms with van der Waals surface area (Å²) in [5.41, 5.74) is 7.06. The number of carbonyl (C=O) groups is 1. The first-order valence-electron chi connectivity index (χ1n) is 6.97. The number of primary amides is 1.